The van der Waals surface area contributed by atoms with Crippen molar-refractivity contribution in [1.29, 1.82) is 0 Å². The van der Waals surface area contributed by atoms with Crippen molar-refractivity contribution < 1.29 is 9.59 Å². The van der Waals surface area contributed by atoms with Crippen molar-refractivity contribution in [3.8, 4) is 0 Å². The molecule has 2 rings (SSSR count). The van der Waals surface area contributed by atoms with Gasteiger partial charge in [0.05, 0.1) is 13.1 Å². The molecule has 2 saturated heterocycles. The predicted octanol–water partition coefficient (Wildman–Crippen LogP) is -0.181. The van der Waals surface area contributed by atoms with E-state index in [1.165, 1.54) is 6.42 Å². The van der Waals surface area contributed by atoms with Crippen LogP contribution in [0.5, 0.6) is 0 Å². The van der Waals surface area contributed by atoms with Gasteiger partial charge in [0.25, 0.3) is 0 Å². The van der Waals surface area contributed by atoms with Crippen LogP contribution in [0.4, 0.5) is 0 Å². The molecular weight excluding hydrogens is 218 g/mol. The number of hydrogen-bond acceptors (Lipinski definition) is 3. The Morgan fingerprint density at radius 1 is 1.41 bits per heavy atom. The fourth-order valence-electron chi connectivity index (χ4n) is 2.58. The number of likely N-dealkylation sites (tertiary alicyclic amines) is 1. The Balaban J connectivity index is 1.85. The zero-order valence-corrected chi connectivity index (χ0v) is 10.4. The second-order valence-electron chi connectivity index (χ2n) is 4.99. The third kappa shape index (κ3) is 3.19. The lowest BCUT2D eigenvalue weighted by Gasteiger charge is -2.35. The number of nitrogens with zero attached hydrogens (tertiary/aromatic N) is 2. The molecule has 0 aromatic heterocycles. The summed E-state index contributed by atoms with van der Waals surface area (Å²) >= 11 is 0. The molecule has 1 N–H and O–H groups in total. The molecule has 2 fully saturated rings. The quantitative estimate of drug-likeness (QED) is 0.727. The van der Waals surface area contributed by atoms with Crippen LogP contribution in [0.3, 0.4) is 0 Å². The third-order valence-corrected chi connectivity index (χ3v) is 3.60. The minimum absolute atomic E-state index is 0.0238. The number of piperidine rings is 1. The topological polar surface area (TPSA) is 52.7 Å². The largest absolute Gasteiger partial charge is 0.354 e. The van der Waals surface area contributed by atoms with Crippen molar-refractivity contribution >= 4 is 11.8 Å². The van der Waals surface area contributed by atoms with Gasteiger partial charge in [0.2, 0.25) is 11.8 Å². The molecule has 17 heavy (non-hydrogen) atoms. The van der Waals surface area contributed by atoms with E-state index in [9.17, 15) is 9.59 Å². The molecule has 1 unspecified atom stereocenters. The normalized spacial score (nSPS) is 26.8. The molecule has 0 spiro atoms. The number of amides is 2. The molecule has 5 nitrogen and oxygen atoms in total. The Bertz CT molecular complexity index is 306. The summed E-state index contributed by atoms with van der Waals surface area (Å²) in [5, 5.41) is 2.77. The maximum Gasteiger partial charge on any atom is 0.237 e. The molecule has 2 heterocycles. The maximum atomic E-state index is 12.1. The standard InChI is InChI=1S/C12H21N3O2/c1-10-4-2-3-6-15(10)12(17)9-14-7-5-13-11(16)8-14/h10H,2-9H2,1H3,(H,13,16). The van der Waals surface area contributed by atoms with E-state index in [0.29, 0.717) is 25.7 Å². The Hall–Kier alpha value is -1.10. The SMILES string of the molecule is CC1CCCCN1C(=O)CN1CCNC(=O)C1. The predicted molar refractivity (Wildman–Crippen MR) is 64.5 cm³/mol. The number of carbonyl (C=O) groups excluding carboxylic acids is 2. The van der Waals surface area contributed by atoms with Crippen molar-refractivity contribution in [2.24, 2.45) is 0 Å². The molecule has 0 radical (unpaired) electrons. The summed E-state index contributed by atoms with van der Waals surface area (Å²) in [6, 6.07) is 0.356. The summed E-state index contributed by atoms with van der Waals surface area (Å²) in [6.07, 6.45) is 3.43. The smallest absolute Gasteiger partial charge is 0.237 e. The number of rotatable bonds is 2. The van der Waals surface area contributed by atoms with Gasteiger partial charge in [-0.2, -0.15) is 0 Å². The summed E-state index contributed by atoms with van der Waals surface area (Å²) in [5.41, 5.74) is 0. The molecule has 2 amide bonds. The van der Waals surface area contributed by atoms with Gasteiger partial charge in [0.1, 0.15) is 0 Å². The molecule has 0 aromatic rings. The van der Waals surface area contributed by atoms with Crippen LogP contribution in [-0.4, -0.2) is 60.4 Å². The lowest BCUT2D eigenvalue weighted by Crippen LogP contribution is -2.52. The number of carbonyl (C=O) groups is 2. The average Bonchev–Trinajstić information content (AvgIpc) is 2.29. The lowest BCUT2D eigenvalue weighted by molar-refractivity contribution is -0.136. The van der Waals surface area contributed by atoms with Crippen LogP contribution in [0.2, 0.25) is 0 Å². The van der Waals surface area contributed by atoms with E-state index in [-0.39, 0.29) is 11.8 Å². The van der Waals surface area contributed by atoms with Crippen molar-refractivity contribution in [3.63, 3.8) is 0 Å². The molecule has 0 aromatic carbocycles. The number of piperazine rings is 1. The summed E-state index contributed by atoms with van der Waals surface area (Å²) in [7, 11) is 0. The van der Waals surface area contributed by atoms with E-state index >= 15 is 0 Å². The third-order valence-electron chi connectivity index (χ3n) is 3.60. The molecule has 2 aliphatic rings. The van der Waals surface area contributed by atoms with Crippen LogP contribution < -0.4 is 5.32 Å². The first kappa shape index (κ1) is 12.4. The van der Waals surface area contributed by atoms with Gasteiger partial charge in [-0.3, -0.25) is 14.5 Å². The van der Waals surface area contributed by atoms with Gasteiger partial charge < -0.3 is 10.2 Å². The van der Waals surface area contributed by atoms with Crippen molar-refractivity contribution in [1.82, 2.24) is 15.1 Å². The van der Waals surface area contributed by atoms with Crippen LogP contribution in [0.15, 0.2) is 0 Å². The monoisotopic (exact) mass is 239 g/mol. The Morgan fingerprint density at radius 2 is 2.24 bits per heavy atom. The highest BCUT2D eigenvalue weighted by atomic mass is 16.2. The number of hydrogen-bond donors (Lipinski definition) is 1. The zero-order valence-electron chi connectivity index (χ0n) is 10.4. The molecule has 1 atom stereocenters. The van der Waals surface area contributed by atoms with Gasteiger partial charge in [-0.15, -0.1) is 0 Å². The fourth-order valence-corrected chi connectivity index (χ4v) is 2.58. The van der Waals surface area contributed by atoms with Crippen LogP contribution >= 0.6 is 0 Å². The van der Waals surface area contributed by atoms with Crippen molar-refractivity contribution in [2.45, 2.75) is 32.2 Å². The van der Waals surface area contributed by atoms with Crippen molar-refractivity contribution in [2.75, 3.05) is 32.7 Å². The van der Waals surface area contributed by atoms with Gasteiger partial charge in [-0.25, -0.2) is 0 Å². The molecule has 2 aliphatic heterocycles. The average molecular weight is 239 g/mol. The molecule has 96 valence electrons. The van der Waals surface area contributed by atoms with Crippen LogP contribution in [0.25, 0.3) is 0 Å². The van der Waals surface area contributed by atoms with Gasteiger partial charge in [-0.05, 0) is 26.2 Å². The molecule has 0 saturated carbocycles. The van der Waals surface area contributed by atoms with Gasteiger partial charge in [0, 0.05) is 25.7 Å². The molecule has 0 bridgehead atoms. The van der Waals surface area contributed by atoms with Crippen LogP contribution in [0, 0.1) is 0 Å². The first-order valence-corrected chi connectivity index (χ1v) is 6.45. The zero-order chi connectivity index (χ0) is 12.3. The van der Waals surface area contributed by atoms with Crippen molar-refractivity contribution in [3.05, 3.63) is 0 Å². The van der Waals surface area contributed by atoms with E-state index in [1.807, 2.05) is 9.80 Å². The summed E-state index contributed by atoms with van der Waals surface area (Å²) in [6.45, 7) is 5.16. The minimum Gasteiger partial charge on any atom is -0.354 e. The first-order valence-electron chi connectivity index (χ1n) is 6.45. The van der Waals surface area contributed by atoms with E-state index in [2.05, 4.69) is 12.2 Å². The Kier molecular flexibility index (Phi) is 3.99. The Morgan fingerprint density at radius 3 is 2.94 bits per heavy atom. The van der Waals surface area contributed by atoms with E-state index in [4.69, 9.17) is 0 Å². The highest BCUT2D eigenvalue weighted by molar-refractivity contribution is 5.82. The van der Waals surface area contributed by atoms with Crippen LogP contribution in [-0.2, 0) is 9.59 Å². The first-order chi connectivity index (χ1) is 8.16. The second-order valence-corrected chi connectivity index (χ2v) is 4.99. The molecule has 0 aliphatic carbocycles. The van der Waals surface area contributed by atoms with Crippen LogP contribution in [0.1, 0.15) is 26.2 Å². The van der Waals surface area contributed by atoms with E-state index < -0.39 is 0 Å². The Labute approximate surface area is 102 Å². The number of nitrogens with one attached hydrogen (secondary N) is 1. The van der Waals surface area contributed by atoms with Gasteiger partial charge in [-0.1, -0.05) is 0 Å². The lowest BCUT2D eigenvalue weighted by atomic mass is 10.0. The molecular formula is C12H21N3O2. The summed E-state index contributed by atoms with van der Waals surface area (Å²) in [4.78, 5) is 27.3. The summed E-state index contributed by atoms with van der Waals surface area (Å²) < 4.78 is 0. The van der Waals surface area contributed by atoms with E-state index in [1.54, 1.807) is 0 Å². The molecule has 5 heteroatoms. The maximum absolute atomic E-state index is 12.1. The summed E-state index contributed by atoms with van der Waals surface area (Å²) in [5.74, 6) is 0.197. The van der Waals surface area contributed by atoms with Gasteiger partial charge >= 0.3 is 0 Å². The highest BCUT2D eigenvalue weighted by Gasteiger charge is 2.26. The minimum atomic E-state index is 0.0238. The van der Waals surface area contributed by atoms with E-state index in [0.717, 1.165) is 25.9 Å². The highest BCUT2D eigenvalue weighted by Crippen LogP contribution is 2.16. The second kappa shape index (κ2) is 5.49. The van der Waals surface area contributed by atoms with Gasteiger partial charge in [0.15, 0.2) is 0 Å². The fraction of sp³-hybridized carbons (Fsp3) is 0.833.